The van der Waals surface area contributed by atoms with Gasteiger partial charge in [0, 0.05) is 31.4 Å². The molecule has 1 aliphatic carbocycles. The van der Waals surface area contributed by atoms with E-state index in [2.05, 4.69) is 32.4 Å². The number of para-hydroxylation sites is 1. The van der Waals surface area contributed by atoms with Crippen LogP contribution in [0.1, 0.15) is 24.1 Å². The highest BCUT2D eigenvalue weighted by atomic mass is 79.9. The van der Waals surface area contributed by atoms with Crippen molar-refractivity contribution in [2.24, 2.45) is 7.05 Å². The van der Waals surface area contributed by atoms with Crippen LogP contribution in [-0.4, -0.2) is 15.8 Å². The molecular formula is C15H18BrN3O. The van der Waals surface area contributed by atoms with Crippen LogP contribution in [0.3, 0.4) is 0 Å². The fourth-order valence-electron chi connectivity index (χ4n) is 2.08. The first-order valence-electron chi connectivity index (χ1n) is 6.84. The van der Waals surface area contributed by atoms with Crippen LogP contribution in [0.15, 0.2) is 34.9 Å². The molecule has 4 nitrogen and oxygen atoms in total. The molecule has 1 heterocycles. The minimum absolute atomic E-state index is 0.486. The van der Waals surface area contributed by atoms with Crippen molar-refractivity contribution >= 4 is 15.9 Å². The number of rotatable bonds is 6. The Morgan fingerprint density at radius 3 is 2.95 bits per heavy atom. The Hall–Kier alpha value is -1.33. The van der Waals surface area contributed by atoms with Crippen LogP contribution in [-0.2, 0) is 20.2 Å². The molecule has 20 heavy (non-hydrogen) atoms. The molecule has 0 radical (unpaired) electrons. The molecule has 0 atom stereocenters. The van der Waals surface area contributed by atoms with Gasteiger partial charge in [0.05, 0.1) is 10.2 Å². The van der Waals surface area contributed by atoms with Crippen LogP contribution in [0.25, 0.3) is 0 Å². The lowest BCUT2D eigenvalue weighted by molar-refractivity contribution is 0.294. The predicted octanol–water partition coefficient (Wildman–Crippen LogP) is 3.01. The Labute approximate surface area is 127 Å². The third kappa shape index (κ3) is 3.41. The van der Waals surface area contributed by atoms with Crippen molar-refractivity contribution in [3.63, 3.8) is 0 Å². The van der Waals surface area contributed by atoms with Crippen molar-refractivity contribution in [1.29, 1.82) is 0 Å². The first-order valence-corrected chi connectivity index (χ1v) is 7.64. The fraction of sp³-hybridized carbons (Fsp3) is 0.400. The van der Waals surface area contributed by atoms with Gasteiger partial charge in [-0.25, -0.2) is 0 Å². The second-order valence-electron chi connectivity index (χ2n) is 5.15. The Morgan fingerprint density at radius 1 is 1.40 bits per heavy atom. The van der Waals surface area contributed by atoms with Gasteiger partial charge in [0.15, 0.2) is 0 Å². The summed E-state index contributed by atoms with van der Waals surface area (Å²) in [6.45, 7) is 1.33. The van der Waals surface area contributed by atoms with E-state index in [0.29, 0.717) is 12.6 Å². The average molecular weight is 336 g/mol. The molecule has 0 amide bonds. The van der Waals surface area contributed by atoms with E-state index < -0.39 is 0 Å². The largest absolute Gasteiger partial charge is 0.486 e. The zero-order valence-electron chi connectivity index (χ0n) is 11.5. The van der Waals surface area contributed by atoms with Gasteiger partial charge in [0.25, 0.3) is 0 Å². The van der Waals surface area contributed by atoms with Crippen molar-refractivity contribution in [2.45, 2.75) is 32.0 Å². The minimum Gasteiger partial charge on any atom is -0.486 e. The molecular weight excluding hydrogens is 318 g/mol. The molecule has 0 unspecified atom stereocenters. The van der Waals surface area contributed by atoms with Crippen LogP contribution in [0, 0.1) is 0 Å². The number of halogens is 1. The topological polar surface area (TPSA) is 39.1 Å². The smallest absolute Gasteiger partial charge is 0.138 e. The highest BCUT2D eigenvalue weighted by Gasteiger charge is 2.21. The number of benzene rings is 1. The molecule has 5 heteroatoms. The standard InChI is InChI=1S/C15H18BrN3O/c1-19-8-7-13(18-19)10-20-15-11(3-2-4-14(15)16)9-17-12-5-6-12/h2-4,7-8,12,17H,5-6,9-10H2,1H3. The molecule has 3 rings (SSSR count). The number of nitrogens with one attached hydrogen (secondary N) is 1. The summed E-state index contributed by atoms with van der Waals surface area (Å²) in [5.74, 6) is 0.909. The summed E-state index contributed by atoms with van der Waals surface area (Å²) in [7, 11) is 1.91. The summed E-state index contributed by atoms with van der Waals surface area (Å²) in [5, 5.41) is 7.85. The Bertz CT molecular complexity index is 593. The van der Waals surface area contributed by atoms with E-state index in [1.807, 2.05) is 31.4 Å². The van der Waals surface area contributed by atoms with E-state index in [4.69, 9.17) is 4.74 Å². The summed E-state index contributed by atoms with van der Waals surface area (Å²) < 4.78 is 8.73. The minimum atomic E-state index is 0.486. The summed E-state index contributed by atoms with van der Waals surface area (Å²) in [6.07, 6.45) is 4.50. The highest BCUT2D eigenvalue weighted by Crippen LogP contribution is 2.30. The van der Waals surface area contributed by atoms with E-state index in [-0.39, 0.29) is 0 Å². The van der Waals surface area contributed by atoms with Crippen LogP contribution < -0.4 is 10.1 Å². The Kier molecular flexibility index (Phi) is 4.08. The van der Waals surface area contributed by atoms with Gasteiger partial charge in [-0.05, 0) is 40.9 Å². The summed E-state index contributed by atoms with van der Waals surface area (Å²) >= 11 is 3.57. The van der Waals surface area contributed by atoms with Gasteiger partial charge in [0.2, 0.25) is 0 Å². The third-order valence-corrected chi connectivity index (χ3v) is 3.96. The number of aromatic nitrogens is 2. The normalized spacial score (nSPS) is 14.5. The molecule has 0 saturated heterocycles. The van der Waals surface area contributed by atoms with Crippen LogP contribution in [0.5, 0.6) is 5.75 Å². The lowest BCUT2D eigenvalue weighted by Gasteiger charge is -2.13. The maximum Gasteiger partial charge on any atom is 0.138 e. The summed E-state index contributed by atoms with van der Waals surface area (Å²) in [5.41, 5.74) is 2.12. The fourth-order valence-corrected chi connectivity index (χ4v) is 2.60. The highest BCUT2D eigenvalue weighted by molar-refractivity contribution is 9.10. The van der Waals surface area contributed by atoms with E-state index in [1.165, 1.54) is 18.4 Å². The van der Waals surface area contributed by atoms with Gasteiger partial charge in [0.1, 0.15) is 12.4 Å². The zero-order chi connectivity index (χ0) is 13.9. The summed E-state index contributed by atoms with van der Waals surface area (Å²) in [6, 6.07) is 8.82. The van der Waals surface area contributed by atoms with E-state index in [9.17, 15) is 0 Å². The van der Waals surface area contributed by atoms with Crippen molar-refractivity contribution < 1.29 is 4.74 Å². The van der Waals surface area contributed by atoms with Crippen molar-refractivity contribution in [3.8, 4) is 5.75 Å². The molecule has 1 aromatic carbocycles. The van der Waals surface area contributed by atoms with Gasteiger partial charge < -0.3 is 10.1 Å². The molecule has 1 aliphatic rings. The van der Waals surface area contributed by atoms with Gasteiger partial charge in [-0.15, -0.1) is 0 Å². The van der Waals surface area contributed by atoms with Crippen molar-refractivity contribution in [1.82, 2.24) is 15.1 Å². The Balaban J connectivity index is 1.69. The van der Waals surface area contributed by atoms with Crippen LogP contribution in [0.4, 0.5) is 0 Å². The second-order valence-corrected chi connectivity index (χ2v) is 6.01. The SMILES string of the molecule is Cn1ccc(COc2c(Br)cccc2CNC2CC2)n1. The molecule has 2 aromatic rings. The predicted molar refractivity (Wildman–Crippen MR) is 81.5 cm³/mol. The number of ether oxygens (including phenoxy) is 1. The van der Waals surface area contributed by atoms with Crippen LogP contribution >= 0.6 is 15.9 Å². The molecule has 1 N–H and O–H groups in total. The first kappa shape index (κ1) is 13.6. The van der Waals surface area contributed by atoms with Gasteiger partial charge in [-0.2, -0.15) is 5.10 Å². The number of nitrogens with zero attached hydrogens (tertiary/aromatic N) is 2. The molecule has 0 bridgehead atoms. The van der Waals surface area contributed by atoms with Crippen molar-refractivity contribution in [2.75, 3.05) is 0 Å². The summed E-state index contributed by atoms with van der Waals surface area (Å²) in [4.78, 5) is 0. The molecule has 106 valence electrons. The second kappa shape index (κ2) is 5.97. The zero-order valence-corrected chi connectivity index (χ0v) is 13.1. The van der Waals surface area contributed by atoms with Gasteiger partial charge in [-0.3, -0.25) is 4.68 Å². The van der Waals surface area contributed by atoms with E-state index >= 15 is 0 Å². The average Bonchev–Trinajstić information content (AvgIpc) is 3.17. The maximum absolute atomic E-state index is 5.96. The lowest BCUT2D eigenvalue weighted by Crippen LogP contribution is -2.16. The van der Waals surface area contributed by atoms with Crippen LogP contribution in [0.2, 0.25) is 0 Å². The third-order valence-electron chi connectivity index (χ3n) is 3.34. The number of hydrogen-bond donors (Lipinski definition) is 1. The Morgan fingerprint density at radius 2 is 2.25 bits per heavy atom. The van der Waals surface area contributed by atoms with Gasteiger partial charge in [-0.1, -0.05) is 12.1 Å². The molecule has 1 aromatic heterocycles. The molecule has 0 aliphatic heterocycles. The quantitative estimate of drug-likeness (QED) is 0.881. The number of aryl methyl sites for hydroxylation is 1. The molecule has 1 saturated carbocycles. The van der Waals surface area contributed by atoms with E-state index in [1.54, 1.807) is 4.68 Å². The lowest BCUT2D eigenvalue weighted by atomic mass is 10.2. The molecule has 1 fully saturated rings. The number of hydrogen-bond acceptors (Lipinski definition) is 3. The van der Waals surface area contributed by atoms with Gasteiger partial charge >= 0.3 is 0 Å². The first-order chi connectivity index (χ1) is 9.72. The van der Waals surface area contributed by atoms with Crippen molar-refractivity contribution in [3.05, 3.63) is 46.2 Å². The maximum atomic E-state index is 5.96. The molecule has 0 spiro atoms. The monoisotopic (exact) mass is 335 g/mol. The van der Waals surface area contributed by atoms with E-state index in [0.717, 1.165) is 22.5 Å².